The van der Waals surface area contributed by atoms with E-state index >= 15 is 0 Å². The van der Waals surface area contributed by atoms with Crippen molar-refractivity contribution in [1.29, 1.82) is 0 Å². The molecule has 0 spiro atoms. The monoisotopic (exact) mass is 298 g/mol. The fourth-order valence-corrected chi connectivity index (χ4v) is 3.18. The molecule has 120 valence electrons. The maximum Gasteiger partial charge on any atom is 0.320 e. The van der Waals surface area contributed by atoms with Crippen LogP contribution in [0.2, 0.25) is 0 Å². The third kappa shape index (κ3) is 4.59. The number of ether oxygens (including phenoxy) is 1. The van der Waals surface area contributed by atoms with E-state index in [4.69, 9.17) is 9.84 Å². The van der Waals surface area contributed by atoms with Crippen LogP contribution in [0.5, 0.6) is 0 Å². The second-order valence-corrected chi connectivity index (χ2v) is 6.70. The molecule has 6 heteroatoms. The zero-order chi connectivity index (χ0) is 15.5. The first-order valence-corrected chi connectivity index (χ1v) is 7.77. The summed E-state index contributed by atoms with van der Waals surface area (Å²) >= 11 is 0. The minimum Gasteiger partial charge on any atom is -0.481 e. The van der Waals surface area contributed by atoms with Crippen LogP contribution >= 0.6 is 0 Å². The first-order chi connectivity index (χ1) is 9.87. The summed E-state index contributed by atoms with van der Waals surface area (Å²) in [6.45, 7) is 7.29. The van der Waals surface area contributed by atoms with E-state index in [1.54, 1.807) is 0 Å². The molecule has 2 rings (SSSR count). The lowest BCUT2D eigenvalue weighted by Gasteiger charge is -2.42. The number of carbonyl (C=O) groups is 2. The third-order valence-electron chi connectivity index (χ3n) is 4.25. The summed E-state index contributed by atoms with van der Waals surface area (Å²) in [4.78, 5) is 27.0. The van der Waals surface area contributed by atoms with Crippen LogP contribution in [0.1, 0.15) is 39.5 Å². The number of carboxylic acids is 1. The van der Waals surface area contributed by atoms with Crippen LogP contribution in [-0.4, -0.2) is 65.3 Å². The summed E-state index contributed by atoms with van der Waals surface area (Å²) in [5.41, 5.74) is -0.285. The number of nitrogens with zero attached hydrogens (tertiary/aromatic N) is 2. The van der Waals surface area contributed by atoms with Crippen molar-refractivity contribution in [2.24, 2.45) is 5.92 Å². The van der Waals surface area contributed by atoms with Gasteiger partial charge in [-0.1, -0.05) is 0 Å². The maximum atomic E-state index is 12.6. The second kappa shape index (κ2) is 6.64. The van der Waals surface area contributed by atoms with Gasteiger partial charge < -0.3 is 19.6 Å². The molecule has 2 heterocycles. The van der Waals surface area contributed by atoms with E-state index in [2.05, 4.69) is 0 Å². The molecule has 21 heavy (non-hydrogen) atoms. The normalized spacial score (nSPS) is 25.7. The SMILES string of the molecule is CC1(C)CN(C(=O)N2CCCC(CCC(=O)O)C2)CCO1. The van der Waals surface area contributed by atoms with Crippen LogP contribution in [-0.2, 0) is 9.53 Å². The molecule has 0 saturated carbocycles. The smallest absolute Gasteiger partial charge is 0.320 e. The molecule has 2 aliphatic rings. The molecule has 1 unspecified atom stereocenters. The Kier molecular flexibility index (Phi) is 5.08. The van der Waals surface area contributed by atoms with E-state index < -0.39 is 5.97 Å². The van der Waals surface area contributed by atoms with Gasteiger partial charge in [-0.3, -0.25) is 4.79 Å². The van der Waals surface area contributed by atoms with Crippen molar-refractivity contribution < 1.29 is 19.4 Å². The molecule has 0 bridgehead atoms. The van der Waals surface area contributed by atoms with Gasteiger partial charge in [0.05, 0.1) is 18.8 Å². The highest BCUT2D eigenvalue weighted by Gasteiger charge is 2.33. The molecule has 2 amide bonds. The second-order valence-electron chi connectivity index (χ2n) is 6.70. The Bertz CT molecular complexity index is 397. The number of carboxylic acid groups (broad SMARTS) is 1. The van der Waals surface area contributed by atoms with Crippen LogP contribution in [0.3, 0.4) is 0 Å². The van der Waals surface area contributed by atoms with E-state index in [0.717, 1.165) is 19.4 Å². The van der Waals surface area contributed by atoms with Crippen molar-refractivity contribution in [3.8, 4) is 0 Å². The predicted molar refractivity (Wildman–Crippen MR) is 78.2 cm³/mol. The topological polar surface area (TPSA) is 70.1 Å². The first-order valence-electron chi connectivity index (χ1n) is 7.77. The first kappa shape index (κ1) is 16.1. The number of rotatable bonds is 3. The highest BCUT2D eigenvalue weighted by molar-refractivity contribution is 5.74. The summed E-state index contributed by atoms with van der Waals surface area (Å²) in [5, 5.41) is 8.78. The number of hydrogen-bond acceptors (Lipinski definition) is 3. The highest BCUT2D eigenvalue weighted by atomic mass is 16.5. The molecule has 2 aliphatic heterocycles. The molecule has 2 fully saturated rings. The van der Waals surface area contributed by atoms with E-state index in [-0.39, 0.29) is 18.1 Å². The summed E-state index contributed by atoms with van der Waals surface area (Å²) in [6.07, 6.45) is 2.83. The summed E-state index contributed by atoms with van der Waals surface area (Å²) in [7, 11) is 0. The molecule has 1 N–H and O–H groups in total. The molecule has 0 aliphatic carbocycles. The van der Waals surface area contributed by atoms with Gasteiger partial charge in [-0.05, 0) is 39.0 Å². The van der Waals surface area contributed by atoms with Gasteiger partial charge in [0.1, 0.15) is 0 Å². The molecule has 6 nitrogen and oxygen atoms in total. The minimum atomic E-state index is -0.756. The van der Waals surface area contributed by atoms with Gasteiger partial charge in [0.2, 0.25) is 0 Å². The van der Waals surface area contributed by atoms with E-state index in [9.17, 15) is 9.59 Å². The zero-order valence-corrected chi connectivity index (χ0v) is 13.0. The Balaban J connectivity index is 1.88. The van der Waals surface area contributed by atoms with Gasteiger partial charge in [-0.15, -0.1) is 0 Å². The molecule has 1 atom stereocenters. The van der Waals surface area contributed by atoms with Crippen molar-refractivity contribution in [3.63, 3.8) is 0 Å². The number of urea groups is 1. The third-order valence-corrected chi connectivity index (χ3v) is 4.25. The standard InChI is InChI=1S/C15H26N2O4/c1-15(2)11-17(8-9-21-15)14(20)16-7-3-4-12(10-16)5-6-13(18)19/h12H,3-11H2,1-2H3,(H,18,19). The quantitative estimate of drug-likeness (QED) is 0.862. The number of likely N-dealkylation sites (tertiary alicyclic amines) is 1. The molecule has 0 aromatic carbocycles. The van der Waals surface area contributed by atoms with Crippen molar-refractivity contribution in [2.75, 3.05) is 32.8 Å². The van der Waals surface area contributed by atoms with Gasteiger partial charge in [0.15, 0.2) is 0 Å². The Labute approximate surface area is 126 Å². The van der Waals surface area contributed by atoms with Crippen molar-refractivity contribution in [1.82, 2.24) is 9.80 Å². The number of piperidine rings is 1. The van der Waals surface area contributed by atoms with Crippen molar-refractivity contribution in [3.05, 3.63) is 0 Å². The van der Waals surface area contributed by atoms with E-state index in [1.807, 2.05) is 23.6 Å². The number of morpholine rings is 1. The highest BCUT2D eigenvalue weighted by Crippen LogP contribution is 2.24. The average molecular weight is 298 g/mol. The molecule has 0 aromatic heterocycles. The van der Waals surface area contributed by atoms with E-state index in [0.29, 0.717) is 38.6 Å². The number of hydrogen-bond donors (Lipinski definition) is 1. The average Bonchev–Trinajstić information content (AvgIpc) is 2.43. The maximum absolute atomic E-state index is 12.6. The van der Waals surface area contributed by atoms with Crippen molar-refractivity contribution in [2.45, 2.75) is 45.1 Å². The Morgan fingerprint density at radius 2 is 2.05 bits per heavy atom. The summed E-state index contributed by atoms with van der Waals surface area (Å²) < 4.78 is 5.64. The van der Waals surface area contributed by atoms with Gasteiger partial charge in [0.25, 0.3) is 0 Å². The largest absolute Gasteiger partial charge is 0.481 e. The predicted octanol–water partition coefficient (Wildman–Crippen LogP) is 1.79. The van der Waals surface area contributed by atoms with Crippen LogP contribution in [0, 0.1) is 5.92 Å². The number of amides is 2. The Morgan fingerprint density at radius 3 is 2.71 bits per heavy atom. The van der Waals surface area contributed by atoms with Gasteiger partial charge >= 0.3 is 12.0 Å². The number of carbonyl (C=O) groups excluding carboxylic acids is 1. The zero-order valence-electron chi connectivity index (χ0n) is 13.0. The van der Waals surface area contributed by atoms with Crippen LogP contribution in [0.25, 0.3) is 0 Å². The lowest BCUT2D eigenvalue weighted by Crippen LogP contribution is -2.55. The lowest BCUT2D eigenvalue weighted by atomic mass is 9.93. The molecular weight excluding hydrogens is 272 g/mol. The fraction of sp³-hybridized carbons (Fsp3) is 0.867. The summed E-state index contributed by atoms with van der Waals surface area (Å²) in [6, 6.07) is 0.0754. The minimum absolute atomic E-state index is 0.0754. The Hall–Kier alpha value is -1.30. The molecule has 0 aromatic rings. The van der Waals surface area contributed by atoms with Gasteiger partial charge in [-0.2, -0.15) is 0 Å². The summed E-state index contributed by atoms with van der Waals surface area (Å²) in [5.74, 6) is -0.443. The molecule has 2 saturated heterocycles. The van der Waals surface area contributed by atoms with Gasteiger partial charge in [-0.25, -0.2) is 4.79 Å². The lowest BCUT2D eigenvalue weighted by molar-refractivity contribution is -0.137. The van der Waals surface area contributed by atoms with Crippen molar-refractivity contribution >= 4 is 12.0 Å². The van der Waals surface area contributed by atoms with Crippen LogP contribution in [0.15, 0.2) is 0 Å². The molecule has 0 radical (unpaired) electrons. The number of aliphatic carboxylic acids is 1. The molecular formula is C15H26N2O4. The van der Waals surface area contributed by atoms with Crippen LogP contribution < -0.4 is 0 Å². The van der Waals surface area contributed by atoms with Crippen LogP contribution in [0.4, 0.5) is 4.79 Å². The fourth-order valence-electron chi connectivity index (χ4n) is 3.18. The van der Waals surface area contributed by atoms with E-state index in [1.165, 1.54) is 0 Å². The van der Waals surface area contributed by atoms with Gasteiger partial charge in [0, 0.05) is 26.1 Å². The Morgan fingerprint density at radius 1 is 1.29 bits per heavy atom.